The van der Waals surface area contributed by atoms with Gasteiger partial charge in [-0.25, -0.2) is 4.79 Å². The van der Waals surface area contributed by atoms with E-state index in [4.69, 9.17) is 22.1 Å². The molecule has 0 unspecified atom stereocenters. The highest BCUT2D eigenvalue weighted by Crippen LogP contribution is 2.38. The van der Waals surface area contributed by atoms with Crippen LogP contribution in [0.2, 0.25) is 5.02 Å². The molecule has 0 radical (unpaired) electrons. The number of anilines is 1. The zero-order valence-corrected chi connectivity index (χ0v) is 14.4. The molecule has 0 aliphatic rings. The zero-order chi connectivity index (χ0) is 15.4. The van der Waals surface area contributed by atoms with Gasteiger partial charge in [0.25, 0.3) is 0 Å². The molecule has 2 rings (SSSR count). The van der Waals surface area contributed by atoms with E-state index < -0.39 is 5.97 Å². The van der Waals surface area contributed by atoms with Gasteiger partial charge in [0, 0.05) is 20.0 Å². The second kappa shape index (κ2) is 7.20. The highest BCUT2D eigenvalue weighted by molar-refractivity contribution is 9.10. The number of nitrogen functional groups attached to an aromatic ring is 1. The Kier molecular flexibility index (Phi) is 5.56. The summed E-state index contributed by atoms with van der Waals surface area (Å²) in [6.45, 7) is 2.06. The Morgan fingerprint density at radius 1 is 1.33 bits per heavy atom. The Balaban J connectivity index is 2.41. The second-order valence-electron chi connectivity index (χ2n) is 4.16. The van der Waals surface area contributed by atoms with Crippen LogP contribution in [0.4, 0.5) is 5.69 Å². The predicted octanol–water partition coefficient (Wildman–Crippen LogP) is 5.01. The van der Waals surface area contributed by atoms with Crippen molar-refractivity contribution in [3.05, 3.63) is 51.5 Å². The Morgan fingerprint density at radius 2 is 2.00 bits per heavy atom. The second-order valence-corrected chi connectivity index (χ2v) is 6.56. The molecule has 0 saturated heterocycles. The van der Waals surface area contributed by atoms with E-state index in [0.29, 0.717) is 27.8 Å². The summed E-state index contributed by atoms with van der Waals surface area (Å²) in [4.78, 5) is 13.7. The van der Waals surface area contributed by atoms with Crippen molar-refractivity contribution in [2.24, 2.45) is 0 Å². The first-order valence-corrected chi connectivity index (χ1v) is 8.19. The summed E-state index contributed by atoms with van der Waals surface area (Å²) in [7, 11) is 0. The van der Waals surface area contributed by atoms with Crippen LogP contribution in [0.1, 0.15) is 17.3 Å². The van der Waals surface area contributed by atoms with Crippen molar-refractivity contribution < 1.29 is 9.53 Å². The average molecular weight is 387 g/mol. The molecule has 6 heteroatoms. The maximum Gasteiger partial charge on any atom is 0.339 e. The third-order valence-electron chi connectivity index (χ3n) is 2.59. The summed E-state index contributed by atoms with van der Waals surface area (Å²) in [5.74, 6) is -0.425. The maximum absolute atomic E-state index is 12.1. The van der Waals surface area contributed by atoms with Gasteiger partial charge < -0.3 is 10.5 Å². The fourth-order valence-electron chi connectivity index (χ4n) is 1.70. The minimum Gasteiger partial charge on any atom is -0.462 e. The summed E-state index contributed by atoms with van der Waals surface area (Å²) in [6.07, 6.45) is 0. The van der Waals surface area contributed by atoms with Crippen molar-refractivity contribution >= 4 is 50.9 Å². The lowest BCUT2D eigenvalue weighted by atomic mass is 10.2. The number of nitrogens with two attached hydrogens (primary N) is 1. The summed E-state index contributed by atoms with van der Waals surface area (Å²) in [5, 5.41) is 0.436. The standard InChI is InChI=1S/C15H13BrClNO2S/c1-2-20-15(19)12-7-10(18)8-13(17)14(12)21-11-5-3-9(16)4-6-11/h3-8H,2,18H2,1H3. The summed E-state index contributed by atoms with van der Waals surface area (Å²) < 4.78 is 6.05. The van der Waals surface area contributed by atoms with Gasteiger partial charge in [0.1, 0.15) is 0 Å². The van der Waals surface area contributed by atoms with Crippen molar-refractivity contribution in [1.82, 2.24) is 0 Å². The highest BCUT2D eigenvalue weighted by Gasteiger charge is 2.18. The molecule has 0 amide bonds. The molecule has 110 valence electrons. The number of carbonyl (C=O) groups excluding carboxylic acids is 1. The van der Waals surface area contributed by atoms with E-state index in [1.54, 1.807) is 19.1 Å². The third kappa shape index (κ3) is 4.15. The molecular weight excluding hydrogens is 374 g/mol. The molecule has 0 saturated carbocycles. The van der Waals surface area contributed by atoms with Gasteiger partial charge in [-0.15, -0.1) is 0 Å². The quantitative estimate of drug-likeness (QED) is 0.592. The van der Waals surface area contributed by atoms with Gasteiger partial charge in [-0.05, 0) is 43.3 Å². The van der Waals surface area contributed by atoms with E-state index in [1.165, 1.54) is 11.8 Å². The number of hydrogen-bond acceptors (Lipinski definition) is 4. The van der Waals surface area contributed by atoms with Gasteiger partial charge in [-0.1, -0.05) is 39.3 Å². The molecule has 0 atom stereocenters. The molecule has 0 bridgehead atoms. The van der Waals surface area contributed by atoms with Gasteiger partial charge in [-0.2, -0.15) is 0 Å². The highest BCUT2D eigenvalue weighted by atomic mass is 79.9. The molecule has 2 N–H and O–H groups in total. The summed E-state index contributed by atoms with van der Waals surface area (Å²) in [5.41, 5.74) is 6.59. The van der Waals surface area contributed by atoms with Crippen LogP contribution in [0.5, 0.6) is 0 Å². The molecular formula is C15H13BrClNO2S. The molecule has 0 aliphatic carbocycles. The maximum atomic E-state index is 12.1. The average Bonchev–Trinajstić information content (AvgIpc) is 2.44. The van der Waals surface area contributed by atoms with Crippen LogP contribution >= 0.6 is 39.3 Å². The monoisotopic (exact) mass is 385 g/mol. The number of halogens is 2. The minimum atomic E-state index is -0.425. The molecule has 0 fully saturated rings. The topological polar surface area (TPSA) is 52.3 Å². The lowest BCUT2D eigenvalue weighted by Crippen LogP contribution is -2.07. The number of ether oxygens (including phenoxy) is 1. The van der Waals surface area contributed by atoms with Crippen molar-refractivity contribution in [1.29, 1.82) is 0 Å². The van der Waals surface area contributed by atoms with Crippen LogP contribution in [-0.4, -0.2) is 12.6 Å². The summed E-state index contributed by atoms with van der Waals surface area (Å²) in [6, 6.07) is 11.0. The van der Waals surface area contributed by atoms with E-state index in [2.05, 4.69) is 15.9 Å². The summed E-state index contributed by atoms with van der Waals surface area (Å²) >= 11 is 11.0. The van der Waals surface area contributed by atoms with Gasteiger partial charge in [0.15, 0.2) is 0 Å². The number of hydrogen-bond donors (Lipinski definition) is 1. The Bertz CT molecular complexity index is 661. The van der Waals surface area contributed by atoms with Crippen molar-refractivity contribution in [3.8, 4) is 0 Å². The van der Waals surface area contributed by atoms with E-state index in [0.717, 1.165) is 9.37 Å². The lowest BCUT2D eigenvalue weighted by Gasteiger charge is -2.11. The van der Waals surface area contributed by atoms with E-state index >= 15 is 0 Å². The van der Waals surface area contributed by atoms with Crippen LogP contribution in [0.3, 0.4) is 0 Å². The first-order chi connectivity index (χ1) is 10.0. The molecule has 3 nitrogen and oxygen atoms in total. The van der Waals surface area contributed by atoms with E-state index in [9.17, 15) is 4.79 Å². The number of esters is 1. The molecule has 0 spiro atoms. The van der Waals surface area contributed by atoms with Crippen LogP contribution in [0, 0.1) is 0 Å². The Morgan fingerprint density at radius 3 is 2.62 bits per heavy atom. The lowest BCUT2D eigenvalue weighted by molar-refractivity contribution is 0.0522. The Labute approximate surface area is 140 Å². The number of rotatable bonds is 4. The van der Waals surface area contributed by atoms with Gasteiger partial charge in [0.2, 0.25) is 0 Å². The smallest absolute Gasteiger partial charge is 0.339 e. The number of carbonyl (C=O) groups is 1. The first-order valence-electron chi connectivity index (χ1n) is 6.20. The Hall–Kier alpha value is -1.17. The van der Waals surface area contributed by atoms with Gasteiger partial charge >= 0.3 is 5.97 Å². The molecule has 2 aromatic rings. The van der Waals surface area contributed by atoms with Crippen molar-refractivity contribution in [3.63, 3.8) is 0 Å². The fraction of sp³-hybridized carbons (Fsp3) is 0.133. The fourth-order valence-corrected chi connectivity index (χ4v) is 3.22. The minimum absolute atomic E-state index is 0.299. The van der Waals surface area contributed by atoms with E-state index in [-0.39, 0.29) is 0 Å². The van der Waals surface area contributed by atoms with Crippen molar-refractivity contribution in [2.75, 3.05) is 12.3 Å². The molecule has 21 heavy (non-hydrogen) atoms. The first kappa shape index (κ1) is 16.2. The number of benzene rings is 2. The van der Waals surface area contributed by atoms with E-state index in [1.807, 2.05) is 24.3 Å². The predicted molar refractivity (Wildman–Crippen MR) is 90.1 cm³/mol. The van der Waals surface area contributed by atoms with Crippen LogP contribution in [0.15, 0.2) is 50.7 Å². The van der Waals surface area contributed by atoms with Crippen LogP contribution in [0.25, 0.3) is 0 Å². The molecule has 0 aliphatic heterocycles. The molecule has 2 aromatic carbocycles. The SMILES string of the molecule is CCOC(=O)c1cc(N)cc(Cl)c1Sc1ccc(Br)cc1. The van der Waals surface area contributed by atoms with Crippen LogP contribution < -0.4 is 5.73 Å². The molecule has 0 aromatic heterocycles. The van der Waals surface area contributed by atoms with Gasteiger partial charge in [-0.3, -0.25) is 0 Å². The molecule has 0 heterocycles. The normalized spacial score (nSPS) is 10.4. The van der Waals surface area contributed by atoms with Crippen LogP contribution in [-0.2, 0) is 4.74 Å². The van der Waals surface area contributed by atoms with Gasteiger partial charge in [0.05, 0.1) is 17.2 Å². The third-order valence-corrected chi connectivity index (χ3v) is 4.69. The van der Waals surface area contributed by atoms with Crippen molar-refractivity contribution in [2.45, 2.75) is 16.7 Å². The zero-order valence-electron chi connectivity index (χ0n) is 11.2. The largest absolute Gasteiger partial charge is 0.462 e.